The molecule has 0 radical (unpaired) electrons. The zero-order valence-corrected chi connectivity index (χ0v) is 11.2. The monoisotopic (exact) mass is 280 g/mol. The van der Waals surface area contributed by atoms with Gasteiger partial charge in [0.25, 0.3) is 0 Å². The van der Waals surface area contributed by atoms with E-state index in [1.54, 1.807) is 6.92 Å². The van der Waals surface area contributed by atoms with Crippen molar-refractivity contribution in [3.8, 4) is 0 Å². The van der Waals surface area contributed by atoms with Crippen LogP contribution in [0.15, 0.2) is 0 Å². The van der Waals surface area contributed by atoms with E-state index in [9.17, 15) is 0 Å². The van der Waals surface area contributed by atoms with Gasteiger partial charge in [0.15, 0.2) is 0 Å². The van der Waals surface area contributed by atoms with Crippen LogP contribution in [-0.4, -0.2) is 81.5 Å². The third-order valence-corrected chi connectivity index (χ3v) is 3.37. The van der Waals surface area contributed by atoms with Gasteiger partial charge in [-0.05, 0) is 13.8 Å². The van der Waals surface area contributed by atoms with E-state index in [1.807, 2.05) is 6.92 Å². The first-order chi connectivity index (χ1) is 8.90. The van der Waals surface area contributed by atoms with E-state index in [2.05, 4.69) is 0 Å². The summed E-state index contributed by atoms with van der Waals surface area (Å²) in [5.41, 5.74) is 0. The van der Waals surface area contributed by atoms with Crippen molar-refractivity contribution in [3.05, 3.63) is 0 Å². The number of ether oxygens (including phenoxy) is 2. The first-order valence-electron chi connectivity index (χ1n) is 6.47. The third-order valence-electron chi connectivity index (χ3n) is 3.37. The Kier molecular flexibility index (Phi) is 6.61. The predicted octanol–water partition coefficient (Wildman–Crippen LogP) is -2.00. The summed E-state index contributed by atoms with van der Waals surface area (Å²) < 4.78 is 10.1. The van der Waals surface area contributed by atoms with Gasteiger partial charge in [-0.15, -0.1) is 0 Å². The van der Waals surface area contributed by atoms with E-state index in [1.165, 1.54) is 0 Å². The molecule has 0 aromatic heterocycles. The highest BCUT2D eigenvalue weighted by Crippen LogP contribution is 2.20. The highest BCUT2D eigenvalue weighted by atomic mass is 16.6. The van der Waals surface area contributed by atoms with Crippen LogP contribution in [0.2, 0.25) is 0 Å². The highest BCUT2D eigenvalue weighted by molar-refractivity contribution is 4.87. The Morgan fingerprint density at radius 2 is 1.47 bits per heavy atom. The van der Waals surface area contributed by atoms with Crippen molar-refractivity contribution < 1.29 is 35.0 Å². The Balaban J connectivity index is 0.000000191. The molecule has 2 fully saturated rings. The van der Waals surface area contributed by atoms with Gasteiger partial charge < -0.3 is 35.0 Å². The molecule has 2 unspecified atom stereocenters. The van der Waals surface area contributed by atoms with Crippen molar-refractivity contribution in [3.63, 3.8) is 0 Å². The van der Waals surface area contributed by atoms with E-state index in [0.717, 1.165) is 0 Å². The average Bonchev–Trinajstić information content (AvgIpc) is 2.83. The molecule has 2 rings (SSSR count). The first-order valence-corrected chi connectivity index (χ1v) is 6.47. The van der Waals surface area contributed by atoms with Gasteiger partial charge in [-0.25, -0.2) is 0 Å². The van der Waals surface area contributed by atoms with Crippen LogP contribution in [0, 0.1) is 0 Å². The molecule has 2 heterocycles. The van der Waals surface area contributed by atoms with Crippen molar-refractivity contribution in [1.29, 1.82) is 0 Å². The molecule has 0 saturated carbocycles. The molecular weight excluding hydrogens is 256 g/mol. The van der Waals surface area contributed by atoms with Gasteiger partial charge in [-0.3, -0.25) is 0 Å². The lowest BCUT2D eigenvalue weighted by Gasteiger charge is -2.10. The lowest BCUT2D eigenvalue weighted by molar-refractivity contribution is -0.0171. The van der Waals surface area contributed by atoms with Crippen molar-refractivity contribution in [2.45, 2.75) is 63.0 Å². The van der Waals surface area contributed by atoms with Gasteiger partial charge in [0.2, 0.25) is 0 Å². The quantitative estimate of drug-likeness (QED) is 0.397. The molecule has 0 bridgehead atoms. The smallest absolute Gasteiger partial charge is 0.111 e. The van der Waals surface area contributed by atoms with Crippen LogP contribution in [0.5, 0.6) is 0 Å². The first kappa shape index (κ1) is 16.8. The fraction of sp³-hybridized carbons (Fsp3) is 1.00. The standard InChI is InChI=1S/C6H12O4.C6H12O3/c1-3-5(8)6(9)4(2-7)10-3;1-4-2-5(8)6(3-7)9-4/h3-9H,2H2,1H3;4-8H,2-3H2,1H3/t3-,4+,5-,6?;4-,5?,6+/m00/s1. The minimum absolute atomic E-state index is 0.0779. The molecule has 19 heavy (non-hydrogen) atoms. The lowest BCUT2D eigenvalue weighted by Crippen LogP contribution is -2.33. The zero-order valence-electron chi connectivity index (χ0n) is 11.2. The molecule has 0 aromatic carbocycles. The van der Waals surface area contributed by atoms with Crippen LogP contribution in [0.4, 0.5) is 0 Å². The number of aliphatic hydroxyl groups is 5. The van der Waals surface area contributed by atoms with Gasteiger partial charge in [0, 0.05) is 6.42 Å². The SMILES string of the molecule is C[C@@H]1O[C@H](CO)C(O)[C@H]1O.C[C@H]1CC(O)[C@@H](CO)O1. The molecule has 5 N–H and O–H groups in total. The third kappa shape index (κ3) is 4.35. The molecule has 0 amide bonds. The topological polar surface area (TPSA) is 120 Å². The molecule has 0 spiro atoms. The van der Waals surface area contributed by atoms with E-state index in [0.29, 0.717) is 6.42 Å². The van der Waals surface area contributed by atoms with Crippen LogP contribution >= 0.6 is 0 Å². The van der Waals surface area contributed by atoms with Gasteiger partial charge in [0.05, 0.1) is 31.5 Å². The summed E-state index contributed by atoms with van der Waals surface area (Å²) in [5.74, 6) is 0. The summed E-state index contributed by atoms with van der Waals surface area (Å²) in [7, 11) is 0. The van der Waals surface area contributed by atoms with Crippen LogP contribution < -0.4 is 0 Å². The van der Waals surface area contributed by atoms with Crippen molar-refractivity contribution in [1.82, 2.24) is 0 Å². The predicted molar refractivity (Wildman–Crippen MR) is 65.5 cm³/mol. The second-order valence-electron chi connectivity index (χ2n) is 5.01. The number of hydrogen-bond donors (Lipinski definition) is 5. The maximum absolute atomic E-state index is 9.09. The van der Waals surface area contributed by atoms with Crippen molar-refractivity contribution >= 4 is 0 Å². The molecule has 0 aromatic rings. The lowest BCUT2D eigenvalue weighted by atomic mass is 10.1. The largest absolute Gasteiger partial charge is 0.394 e. The molecule has 2 aliphatic heterocycles. The Labute approximate surface area is 112 Å². The molecule has 2 saturated heterocycles. The van der Waals surface area contributed by atoms with Crippen molar-refractivity contribution in [2.75, 3.05) is 13.2 Å². The van der Waals surface area contributed by atoms with Crippen LogP contribution in [-0.2, 0) is 9.47 Å². The summed E-state index contributed by atoms with van der Waals surface area (Å²) in [5, 5.41) is 44.4. The molecule has 0 aliphatic carbocycles. The molecule has 7 nitrogen and oxygen atoms in total. The Morgan fingerprint density at radius 1 is 0.895 bits per heavy atom. The second-order valence-corrected chi connectivity index (χ2v) is 5.01. The van der Waals surface area contributed by atoms with E-state index >= 15 is 0 Å². The van der Waals surface area contributed by atoms with E-state index in [4.69, 9.17) is 35.0 Å². The maximum atomic E-state index is 9.09. The zero-order chi connectivity index (χ0) is 14.6. The van der Waals surface area contributed by atoms with E-state index < -0.39 is 24.4 Å². The number of aliphatic hydroxyl groups excluding tert-OH is 5. The Bertz CT molecular complexity index is 262. The number of hydrogen-bond acceptors (Lipinski definition) is 7. The highest BCUT2D eigenvalue weighted by Gasteiger charge is 2.39. The molecule has 2 aliphatic rings. The summed E-state index contributed by atoms with van der Waals surface area (Å²) in [6.45, 7) is 3.22. The molecular formula is C12H24O7. The Morgan fingerprint density at radius 3 is 1.68 bits per heavy atom. The fourth-order valence-electron chi connectivity index (χ4n) is 2.19. The molecule has 7 atom stereocenters. The summed E-state index contributed by atoms with van der Waals surface area (Å²) >= 11 is 0. The van der Waals surface area contributed by atoms with Gasteiger partial charge in [0.1, 0.15) is 24.4 Å². The average molecular weight is 280 g/mol. The normalized spacial score (nSPS) is 45.9. The van der Waals surface area contributed by atoms with E-state index in [-0.39, 0.29) is 31.5 Å². The van der Waals surface area contributed by atoms with Gasteiger partial charge >= 0.3 is 0 Å². The van der Waals surface area contributed by atoms with Crippen LogP contribution in [0.25, 0.3) is 0 Å². The second kappa shape index (κ2) is 7.49. The molecule has 7 heteroatoms. The maximum Gasteiger partial charge on any atom is 0.111 e. The number of rotatable bonds is 2. The fourth-order valence-corrected chi connectivity index (χ4v) is 2.19. The molecule has 114 valence electrons. The summed E-state index contributed by atoms with van der Waals surface area (Å²) in [6.07, 6.45) is -2.89. The van der Waals surface area contributed by atoms with Gasteiger partial charge in [-0.1, -0.05) is 0 Å². The minimum Gasteiger partial charge on any atom is -0.394 e. The summed E-state index contributed by atoms with van der Waals surface area (Å²) in [4.78, 5) is 0. The summed E-state index contributed by atoms with van der Waals surface area (Å²) in [6, 6.07) is 0. The van der Waals surface area contributed by atoms with Gasteiger partial charge in [-0.2, -0.15) is 0 Å². The minimum atomic E-state index is -0.944. The van der Waals surface area contributed by atoms with Crippen LogP contribution in [0.1, 0.15) is 20.3 Å². The van der Waals surface area contributed by atoms with Crippen LogP contribution in [0.3, 0.4) is 0 Å². The van der Waals surface area contributed by atoms with Crippen molar-refractivity contribution in [2.24, 2.45) is 0 Å². The Hall–Kier alpha value is -0.280.